The number of ether oxygens (including phenoxy) is 4. The van der Waals surface area contributed by atoms with Gasteiger partial charge in [-0.25, -0.2) is 9.59 Å². The van der Waals surface area contributed by atoms with Gasteiger partial charge in [-0.1, -0.05) is 47.1 Å². The van der Waals surface area contributed by atoms with Crippen LogP contribution in [0.3, 0.4) is 0 Å². The first-order valence-corrected chi connectivity index (χ1v) is 20.7. The molecule has 2 saturated heterocycles. The fraction of sp³-hybridized carbons (Fsp3) is 0.857. The van der Waals surface area contributed by atoms with Gasteiger partial charge in [0.25, 0.3) is 0 Å². The van der Waals surface area contributed by atoms with Gasteiger partial charge < -0.3 is 66.0 Å². The lowest BCUT2D eigenvalue weighted by Gasteiger charge is -2.70. The van der Waals surface area contributed by atoms with Gasteiger partial charge in [0.15, 0.2) is 30.6 Å². The fourth-order valence-electron chi connectivity index (χ4n) is 13.4. The molecule has 7 aliphatic rings. The second kappa shape index (κ2) is 15.1. The largest absolute Gasteiger partial charge is 0.481 e. The topological polar surface area (TPSA) is 302 Å². The fourth-order valence-corrected chi connectivity index (χ4v) is 13.4. The molecular formula is C42H65NO16. The Bertz CT molecular complexity index is 1740. The molecule has 6 fully saturated rings. The second-order valence-electron chi connectivity index (χ2n) is 20.6. The van der Waals surface area contributed by atoms with E-state index in [2.05, 4.69) is 27.7 Å². The van der Waals surface area contributed by atoms with Crippen molar-refractivity contribution in [2.24, 2.45) is 50.2 Å². The molecule has 11 N–H and O–H groups in total. The number of carboxylic acids is 3. The van der Waals surface area contributed by atoms with Gasteiger partial charge in [-0.15, -0.1) is 0 Å². The molecule has 5 aliphatic carbocycles. The summed E-state index contributed by atoms with van der Waals surface area (Å²) >= 11 is 0. The lowest BCUT2D eigenvalue weighted by atomic mass is 9.33. The van der Waals surface area contributed by atoms with Gasteiger partial charge in [-0.2, -0.15) is 0 Å². The van der Waals surface area contributed by atoms with Crippen LogP contribution in [0.4, 0.5) is 0 Å². The maximum Gasteiger partial charge on any atom is 0.335 e. The van der Waals surface area contributed by atoms with E-state index >= 15 is 0 Å². The summed E-state index contributed by atoms with van der Waals surface area (Å²) < 4.78 is 23.4. The number of aliphatic hydroxyl groups excluding tert-OH is 5. The minimum Gasteiger partial charge on any atom is -0.481 e. The van der Waals surface area contributed by atoms with E-state index in [9.17, 15) is 60.0 Å². The summed E-state index contributed by atoms with van der Waals surface area (Å²) in [6.07, 6.45) is -12.2. The summed E-state index contributed by atoms with van der Waals surface area (Å²) in [5.41, 5.74) is -1.81. The number of hydrogen-bond donors (Lipinski definition) is 9. The van der Waals surface area contributed by atoms with Gasteiger partial charge in [0.2, 0.25) is 0 Å². The Morgan fingerprint density at radius 1 is 0.695 bits per heavy atom. The van der Waals surface area contributed by atoms with Gasteiger partial charge in [0.05, 0.1) is 11.5 Å². The van der Waals surface area contributed by atoms with E-state index in [0.29, 0.717) is 25.7 Å². The zero-order valence-corrected chi connectivity index (χ0v) is 35.1. The Balaban J connectivity index is 0.00000585. The molecule has 17 nitrogen and oxygen atoms in total. The molecule has 7 rings (SSSR count). The third-order valence-corrected chi connectivity index (χ3v) is 17.2. The predicted octanol–water partition coefficient (Wildman–Crippen LogP) is 2.41. The van der Waals surface area contributed by atoms with Crippen LogP contribution in [0.25, 0.3) is 0 Å². The van der Waals surface area contributed by atoms with Gasteiger partial charge in [0.1, 0.15) is 36.6 Å². The molecule has 0 radical (unpaired) electrons. The number of carbonyl (C=O) groups is 4. The van der Waals surface area contributed by atoms with Crippen LogP contribution in [0.5, 0.6) is 0 Å². The van der Waals surface area contributed by atoms with Crippen molar-refractivity contribution in [3.8, 4) is 0 Å². The molecule has 0 aromatic rings. The lowest BCUT2D eigenvalue weighted by Crippen LogP contribution is -2.68. The van der Waals surface area contributed by atoms with Crippen molar-refractivity contribution in [3.05, 3.63) is 11.6 Å². The number of ketones is 1. The van der Waals surface area contributed by atoms with Crippen molar-refractivity contribution in [3.63, 3.8) is 0 Å². The van der Waals surface area contributed by atoms with E-state index in [0.717, 1.165) is 37.7 Å². The number of aliphatic hydroxyl groups is 5. The predicted molar refractivity (Wildman–Crippen MR) is 204 cm³/mol. The first-order valence-electron chi connectivity index (χ1n) is 20.7. The maximum absolute atomic E-state index is 14.8. The summed E-state index contributed by atoms with van der Waals surface area (Å²) in [6, 6.07) is 0. The van der Waals surface area contributed by atoms with Crippen LogP contribution >= 0.6 is 0 Å². The van der Waals surface area contributed by atoms with Gasteiger partial charge in [0, 0.05) is 5.92 Å². The zero-order valence-electron chi connectivity index (χ0n) is 35.1. The molecule has 19 atom stereocenters. The van der Waals surface area contributed by atoms with Crippen molar-refractivity contribution < 1.29 is 79.0 Å². The number of carboxylic acid groups (broad SMARTS) is 3. The molecule has 334 valence electrons. The number of carbonyl (C=O) groups excluding carboxylic acids is 1. The first kappa shape index (κ1) is 45.9. The van der Waals surface area contributed by atoms with E-state index in [1.807, 2.05) is 26.8 Å². The lowest BCUT2D eigenvalue weighted by molar-refractivity contribution is -0.371. The van der Waals surface area contributed by atoms with Crippen molar-refractivity contribution in [2.45, 2.75) is 174 Å². The van der Waals surface area contributed by atoms with Gasteiger partial charge in [-0.05, 0) is 110 Å². The average molecular weight is 840 g/mol. The third kappa shape index (κ3) is 6.72. The number of allylic oxidation sites excluding steroid dienone is 2. The van der Waals surface area contributed by atoms with Crippen LogP contribution in [0.15, 0.2) is 11.6 Å². The van der Waals surface area contributed by atoms with Crippen LogP contribution in [0, 0.1) is 50.2 Å². The maximum atomic E-state index is 14.8. The van der Waals surface area contributed by atoms with E-state index < -0.39 is 107 Å². The second-order valence-corrected chi connectivity index (χ2v) is 20.6. The van der Waals surface area contributed by atoms with Crippen molar-refractivity contribution in [2.75, 3.05) is 0 Å². The summed E-state index contributed by atoms with van der Waals surface area (Å²) in [4.78, 5) is 51.3. The van der Waals surface area contributed by atoms with Crippen LogP contribution in [-0.2, 0) is 38.1 Å². The highest BCUT2D eigenvalue weighted by Crippen LogP contribution is 2.75. The number of fused-ring (bicyclic) bond motifs is 7. The Hall–Kier alpha value is -2.58. The van der Waals surface area contributed by atoms with Gasteiger partial charge >= 0.3 is 17.9 Å². The zero-order chi connectivity index (χ0) is 42.9. The van der Waals surface area contributed by atoms with Crippen molar-refractivity contribution >= 4 is 23.7 Å². The number of hydrogen-bond acceptors (Lipinski definition) is 14. The molecule has 0 aromatic carbocycles. The van der Waals surface area contributed by atoms with Crippen LogP contribution in [0.1, 0.15) is 106 Å². The molecule has 17 heteroatoms. The van der Waals surface area contributed by atoms with E-state index in [1.54, 1.807) is 0 Å². The first-order chi connectivity index (χ1) is 26.8. The molecule has 0 aromatic heterocycles. The van der Waals surface area contributed by atoms with Crippen LogP contribution in [-0.4, -0.2) is 132 Å². The molecule has 1 unspecified atom stereocenters. The smallest absolute Gasteiger partial charge is 0.335 e. The molecule has 0 spiro atoms. The summed E-state index contributed by atoms with van der Waals surface area (Å²) in [5, 5.41) is 83.0. The van der Waals surface area contributed by atoms with Crippen LogP contribution < -0.4 is 6.15 Å². The SMILES string of the molecule is CC1(C)C2CC[C@]3(C)[C@H](C(=O)C=C4[C@@H]5C[C@@](C)(C(=O)O)CC[C@]5(C)CC[C@@]43C)[C@@]2(C)CC[C@@H]1O[C@H]1O[C@H](C(=O)O)[C@@H](O)[C@H](O)[C@H]1O[C@@H]1O[C@H](C(=O)O)[C@@H](O)[C@H](O)[C@H]1O.N. The Kier molecular flexibility index (Phi) is 11.7. The minimum absolute atomic E-state index is 0. The third-order valence-electron chi connectivity index (χ3n) is 17.2. The normalized spacial score (nSPS) is 51.7. The standard InChI is InChI=1S/C42H62O16.H3N/c1-37(2)21-8-11-42(7)31(20(43)16-18-19-17-39(4,36(53)54)13-12-38(19,3)14-15-41(18,42)6)40(21,5)10-9-22(37)55-35-30(26(47)25(46)29(57-35)33(51)52)58-34-27(48)23(44)24(45)28(56-34)32(49)50;/h16,19,21-31,34-35,44-48H,8-15,17H2,1-7H3,(H,49,50)(H,51,52)(H,53,54);1H3/t19-,21?,22-,23-,24-,25-,26-,27+,28-,29-,30+,31+,34-,35-,38+,39-,40-,41-,42+;/m0./s1. The highest BCUT2D eigenvalue weighted by atomic mass is 16.8. The molecule has 2 heterocycles. The molecule has 59 heavy (non-hydrogen) atoms. The Labute approximate surface area is 344 Å². The Morgan fingerprint density at radius 2 is 1.27 bits per heavy atom. The highest BCUT2D eigenvalue weighted by molar-refractivity contribution is 5.95. The monoisotopic (exact) mass is 839 g/mol. The molecule has 2 aliphatic heterocycles. The van der Waals surface area contributed by atoms with E-state index in [4.69, 9.17) is 18.9 Å². The quantitative estimate of drug-likeness (QED) is 0.166. The van der Waals surface area contributed by atoms with Crippen molar-refractivity contribution in [1.82, 2.24) is 6.15 Å². The molecular weight excluding hydrogens is 774 g/mol. The minimum atomic E-state index is -2.05. The van der Waals surface area contributed by atoms with E-state index in [1.165, 1.54) is 0 Å². The Morgan fingerprint density at radius 3 is 1.86 bits per heavy atom. The van der Waals surface area contributed by atoms with Gasteiger partial charge in [-0.3, -0.25) is 9.59 Å². The number of aliphatic carboxylic acids is 3. The summed E-state index contributed by atoms with van der Waals surface area (Å²) in [6.45, 7) is 14.8. The molecule has 0 bridgehead atoms. The highest BCUT2D eigenvalue weighted by Gasteiger charge is 2.71. The average Bonchev–Trinajstić information content (AvgIpc) is 3.13. The summed E-state index contributed by atoms with van der Waals surface area (Å²) in [5.74, 6) is -4.47. The molecule has 0 amide bonds. The summed E-state index contributed by atoms with van der Waals surface area (Å²) in [7, 11) is 0. The molecule has 4 saturated carbocycles. The number of rotatable bonds is 7. The van der Waals surface area contributed by atoms with Crippen LogP contribution in [0.2, 0.25) is 0 Å². The van der Waals surface area contributed by atoms with Crippen molar-refractivity contribution in [1.29, 1.82) is 0 Å². The van der Waals surface area contributed by atoms with E-state index in [-0.39, 0.29) is 40.5 Å².